The van der Waals surface area contributed by atoms with Crippen molar-refractivity contribution < 1.29 is 4.79 Å². The molecular formula is C14H22N4O. The molecule has 0 unspecified atom stereocenters. The lowest BCUT2D eigenvalue weighted by molar-refractivity contribution is 0.0774. The summed E-state index contributed by atoms with van der Waals surface area (Å²) >= 11 is 0. The average molecular weight is 262 g/mol. The number of rotatable bonds is 4. The summed E-state index contributed by atoms with van der Waals surface area (Å²) in [5.74, 6) is 0.555. The molecule has 1 amide bonds. The smallest absolute Gasteiger partial charge is 0.274 e. The number of hydrogen-bond acceptors (Lipinski definition) is 4. The Hall–Kier alpha value is -1.49. The monoisotopic (exact) mass is 262 g/mol. The van der Waals surface area contributed by atoms with Crippen LogP contribution in [0.15, 0.2) is 18.3 Å². The SMILES string of the molecule is CCC[C@@H]1CN(C(=O)c2cccnn2)C[C@H]1N(C)C. The van der Waals surface area contributed by atoms with E-state index in [0.29, 0.717) is 17.7 Å². The van der Waals surface area contributed by atoms with E-state index in [2.05, 4.69) is 36.1 Å². The molecule has 5 heteroatoms. The highest BCUT2D eigenvalue weighted by molar-refractivity contribution is 5.92. The standard InChI is InChI=1S/C14H22N4O/c1-4-6-11-9-18(10-13(11)17(2)3)14(19)12-7-5-8-15-16-12/h5,7-8,11,13H,4,6,9-10H2,1-3H3/t11-,13-/m1/s1. The summed E-state index contributed by atoms with van der Waals surface area (Å²) in [6, 6.07) is 3.93. The third-order valence-electron chi connectivity index (χ3n) is 3.81. The van der Waals surface area contributed by atoms with Gasteiger partial charge >= 0.3 is 0 Å². The van der Waals surface area contributed by atoms with Gasteiger partial charge < -0.3 is 9.80 Å². The highest BCUT2D eigenvalue weighted by Crippen LogP contribution is 2.25. The molecule has 104 valence electrons. The van der Waals surface area contributed by atoms with E-state index >= 15 is 0 Å². The van der Waals surface area contributed by atoms with Crippen LogP contribution in [0.2, 0.25) is 0 Å². The fourth-order valence-corrected chi connectivity index (χ4v) is 2.84. The van der Waals surface area contributed by atoms with Crippen LogP contribution in [-0.4, -0.2) is 59.1 Å². The fraction of sp³-hybridized carbons (Fsp3) is 0.643. The lowest BCUT2D eigenvalue weighted by Gasteiger charge is -2.24. The normalized spacial score (nSPS) is 23.1. The molecule has 2 heterocycles. The van der Waals surface area contributed by atoms with Crippen LogP contribution in [0.5, 0.6) is 0 Å². The number of carbonyl (C=O) groups is 1. The molecule has 0 bridgehead atoms. The zero-order chi connectivity index (χ0) is 13.8. The van der Waals surface area contributed by atoms with Crippen molar-refractivity contribution in [2.24, 2.45) is 5.92 Å². The summed E-state index contributed by atoms with van der Waals surface area (Å²) in [7, 11) is 4.17. The quantitative estimate of drug-likeness (QED) is 0.820. The van der Waals surface area contributed by atoms with Crippen molar-refractivity contribution in [2.45, 2.75) is 25.8 Å². The van der Waals surface area contributed by atoms with Crippen LogP contribution in [0.3, 0.4) is 0 Å². The van der Waals surface area contributed by atoms with Gasteiger partial charge in [0.2, 0.25) is 0 Å². The Kier molecular flexibility index (Phi) is 4.47. The minimum Gasteiger partial charge on any atom is -0.335 e. The van der Waals surface area contributed by atoms with E-state index in [1.807, 2.05) is 4.90 Å². The van der Waals surface area contributed by atoms with Crippen LogP contribution >= 0.6 is 0 Å². The molecule has 19 heavy (non-hydrogen) atoms. The van der Waals surface area contributed by atoms with Gasteiger partial charge in [-0.05, 0) is 38.6 Å². The summed E-state index contributed by atoms with van der Waals surface area (Å²) < 4.78 is 0. The van der Waals surface area contributed by atoms with Crippen molar-refractivity contribution in [3.05, 3.63) is 24.0 Å². The van der Waals surface area contributed by atoms with Gasteiger partial charge in [-0.15, -0.1) is 5.10 Å². The second-order valence-corrected chi connectivity index (χ2v) is 5.40. The van der Waals surface area contributed by atoms with Crippen LogP contribution in [0.4, 0.5) is 0 Å². The Morgan fingerprint density at radius 1 is 1.47 bits per heavy atom. The van der Waals surface area contributed by atoms with E-state index < -0.39 is 0 Å². The summed E-state index contributed by atoms with van der Waals surface area (Å²) in [6.45, 7) is 3.80. The number of aromatic nitrogens is 2. The maximum atomic E-state index is 12.4. The second kappa shape index (κ2) is 6.10. The Labute approximate surface area is 114 Å². The van der Waals surface area contributed by atoms with Gasteiger partial charge in [0.1, 0.15) is 0 Å². The molecule has 2 rings (SSSR count). The number of hydrogen-bond donors (Lipinski definition) is 0. The topological polar surface area (TPSA) is 49.3 Å². The first-order valence-electron chi connectivity index (χ1n) is 6.87. The Balaban J connectivity index is 2.08. The Morgan fingerprint density at radius 2 is 2.26 bits per heavy atom. The molecule has 1 saturated heterocycles. The lowest BCUT2D eigenvalue weighted by atomic mass is 9.98. The summed E-state index contributed by atoms with van der Waals surface area (Å²) in [4.78, 5) is 16.5. The van der Waals surface area contributed by atoms with Crippen LogP contribution in [0, 0.1) is 5.92 Å². The van der Waals surface area contributed by atoms with Gasteiger partial charge in [-0.1, -0.05) is 13.3 Å². The van der Waals surface area contributed by atoms with E-state index in [1.54, 1.807) is 18.3 Å². The van der Waals surface area contributed by atoms with E-state index in [4.69, 9.17) is 0 Å². The first kappa shape index (κ1) is 13.9. The lowest BCUT2D eigenvalue weighted by Crippen LogP contribution is -2.36. The Morgan fingerprint density at radius 3 is 2.84 bits per heavy atom. The zero-order valence-corrected chi connectivity index (χ0v) is 11.9. The molecule has 0 aromatic carbocycles. The molecule has 0 N–H and O–H groups in total. The van der Waals surface area contributed by atoms with Crippen molar-refractivity contribution in [3.8, 4) is 0 Å². The van der Waals surface area contributed by atoms with Crippen molar-refractivity contribution in [1.29, 1.82) is 0 Å². The first-order chi connectivity index (χ1) is 9.13. The maximum absolute atomic E-state index is 12.4. The van der Waals surface area contributed by atoms with Gasteiger partial charge in [-0.3, -0.25) is 4.79 Å². The highest BCUT2D eigenvalue weighted by Gasteiger charge is 2.36. The van der Waals surface area contributed by atoms with Gasteiger partial charge in [0, 0.05) is 25.3 Å². The molecule has 0 aliphatic carbocycles. The van der Waals surface area contributed by atoms with Crippen molar-refractivity contribution in [1.82, 2.24) is 20.0 Å². The molecule has 1 aliphatic heterocycles. The predicted molar refractivity (Wildman–Crippen MR) is 73.8 cm³/mol. The third kappa shape index (κ3) is 3.10. The molecule has 1 aromatic rings. The molecule has 1 fully saturated rings. The minimum atomic E-state index is -0.00134. The minimum absolute atomic E-state index is 0.00134. The molecule has 5 nitrogen and oxygen atoms in total. The van der Waals surface area contributed by atoms with E-state index in [9.17, 15) is 4.79 Å². The number of amides is 1. The van der Waals surface area contributed by atoms with E-state index in [-0.39, 0.29) is 5.91 Å². The van der Waals surface area contributed by atoms with Gasteiger partial charge in [0.25, 0.3) is 5.91 Å². The average Bonchev–Trinajstić information content (AvgIpc) is 2.83. The van der Waals surface area contributed by atoms with E-state index in [0.717, 1.165) is 25.9 Å². The largest absolute Gasteiger partial charge is 0.335 e. The number of likely N-dealkylation sites (tertiary alicyclic amines) is 1. The second-order valence-electron chi connectivity index (χ2n) is 5.40. The number of likely N-dealkylation sites (N-methyl/N-ethyl adjacent to an activating group) is 1. The van der Waals surface area contributed by atoms with Crippen LogP contribution in [0.1, 0.15) is 30.3 Å². The first-order valence-corrected chi connectivity index (χ1v) is 6.87. The molecule has 0 spiro atoms. The van der Waals surface area contributed by atoms with Gasteiger partial charge in [0.05, 0.1) is 0 Å². The van der Waals surface area contributed by atoms with Crippen molar-refractivity contribution >= 4 is 5.91 Å². The molecular weight excluding hydrogens is 240 g/mol. The zero-order valence-electron chi connectivity index (χ0n) is 11.9. The van der Waals surface area contributed by atoms with Crippen molar-refractivity contribution in [2.75, 3.05) is 27.2 Å². The molecule has 0 radical (unpaired) electrons. The fourth-order valence-electron chi connectivity index (χ4n) is 2.84. The summed E-state index contributed by atoms with van der Waals surface area (Å²) in [5, 5.41) is 7.69. The van der Waals surface area contributed by atoms with E-state index in [1.165, 1.54) is 0 Å². The number of nitrogens with zero attached hydrogens (tertiary/aromatic N) is 4. The molecule has 2 atom stereocenters. The molecule has 1 aliphatic rings. The molecule has 1 aromatic heterocycles. The summed E-state index contributed by atoms with van der Waals surface area (Å²) in [6.07, 6.45) is 3.90. The van der Waals surface area contributed by atoms with Crippen molar-refractivity contribution in [3.63, 3.8) is 0 Å². The van der Waals surface area contributed by atoms with Gasteiger partial charge in [-0.2, -0.15) is 5.10 Å². The van der Waals surface area contributed by atoms with Crippen LogP contribution in [-0.2, 0) is 0 Å². The van der Waals surface area contributed by atoms with Gasteiger partial charge in [0.15, 0.2) is 5.69 Å². The number of carbonyl (C=O) groups excluding carboxylic acids is 1. The summed E-state index contributed by atoms with van der Waals surface area (Å²) in [5.41, 5.74) is 0.442. The maximum Gasteiger partial charge on any atom is 0.274 e. The van der Waals surface area contributed by atoms with Crippen LogP contribution in [0.25, 0.3) is 0 Å². The van der Waals surface area contributed by atoms with Gasteiger partial charge in [-0.25, -0.2) is 0 Å². The Bertz CT molecular complexity index is 421. The predicted octanol–water partition coefficient (Wildman–Crippen LogP) is 1.28. The third-order valence-corrected chi connectivity index (χ3v) is 3.81. The van der Waals surface area contributed by atoms with Crippen LogP contribution < -0.4 is 0 Å². The highest BCUT2D eigenvalue weighted by atomic mass is 16.2. The molecule has 0 saturated carbocycles.